The fourth-order valence-electron chi connectivity index (χ4n) is 3.24. The van der Waals surface area contributed by atoms with E-state index in [2.05, 4.69) is 10.3 Å². The fourth-order valence-corrected chi connectivity index (χ4v) is 5.55. The topological polar surface area (TPSA) is 89.3 Å². The molecular formula is C21H20N2O4S2. The van der Waals surface area contributed by atoms with Crippen molar-refractivity contribution in [2.45, 2.75) is 17.7 Å². The van der Waals surface area contributed by atoms with Gasteiger partial charge in [-0.15, -0.1) is 0 Å². The SMILES string of the molecule is O=C(CSc1nc(-c2ccccc2)c(-c2ccccc2)o1)N[C@H]1CCS(=O)(=O)C1. The molecule has 0 saturated carbocycles. The molecule has 1 N–H and O–H groups in total. The van der Waals surface area contributed by atoms with Crippen LogP contribution in [0.25, 0.3) is 22.6 Å². The predicted octanol–water partition coefficient (Wildman–Crippen LogP) is 3.40. The average molecular weight is 429 g/mol. The lowest BCUT2D eigenvalue weighted by Gasteiger charge is -2.09. The first-order chi connectivity index (χ1) is 14.0. The van der Waals surface area contributed by atoms with Crippen LogP contribution in [0.1, 0.15) is 6.42 Å². The molecule has 0 radical (unpaired) electrons. The summed E-state index contributed by atoms with van der Waals surface area (Å²) in [5.41, 5.74) is 2.57. The van der Waals surface area contributed by atoms with E-state index in [9.17, 15) is 13.2 Å². The van der Waals surface area contributed by atoms with E-state index in [0.717, 1.165) is 16.8 Å². The molecule has 1 aromatic heterocycles. The number of oxazole rings is 1. The third kappa shape index (κ3) is 4.89. The number of rotatable bonds is 6. The van der Waals surface area contributed by atoms with Gasteiger partial charge in [0.2, 0.25) is 5.91 Å². The van der Waals surface area contributed by atoms with E-state index >= 15 is 0 Å². The molecule has 1 saturated heterocycles. The summed E-state index contributed by atoms with van der Waals surface area (Å²) in [6.45, 7) is 0. The number of sulfone groups is 1. The Labute approximate surface area is 173 Å². The molecule has 2 heterocycles. The van der Waals surface area contributed by atoms with Gasteiger partial charge in [-0.2, -0.15) is 0 Å². The summed E-state index contributed by atoms with van der Waals surface area (Å²) in [4.78, 5) is 16.8. The van der Waals surface area contributed by atoms with Gasteiger partial charge >= 0.3 is 0 Å². The van der Waals surface area contributed by atoms with E-state index in [4.69, 9.17) is 4.42 Å². The number of aromatic nitrogens is 1. The highest BCUT2D eigenvalue weighted by Crippen LogP contribution is 2.35. The van der Waals surface area contributed by atoms with Gasteiger partial charge in [0, 0.05) is 17.2 Å². The second-order valence-corrected chi connectivity index (χ2v) is 10.0. The van der Waals surface area contributed by atoms with Crippen molar-refractivity contribution in [3.63, 3.8) is 0 Å². The van der Waals surface area contributed by atoms with Crippen LogP contribution in [0, 0.1) is 0 Å². The summed E-state index contributed by atoms with van der Waals surface area (Å²) in [6, 6.07) is 19.1. The highest BCUT2D eigenvalue weighted by atomic mass is 32.2. The van der Waals surface area contributed by atoms with Crippen molar-refractivity contribution in [1.82, 2.24) is 10.3 Å². The van der Waals surface area contributed by atoms with Crippen LogP contribution < -0.4 is 5.32 Å². The van der Waals surface area contributed by atoms with Crippen LogP contribution in [0.2, 0.25) is 0 Å². The third-order valence-electron chi connectivity index (χ3n) is 4.62. The number of amides is 1. The normalized spacial score (nSPS) is 17.9. The largest absolute Gasteiger partial charge is 0.431 e. The highest BCUT2D eigenvalue weighted by molar-refractivity contribution is 7.99. The Morgan fingerprint density at radius 1 is 1.07 bits per heavy atom. The van der Waals surface area contributed by atoms with Crippen molar-refractivity contribution in [3.05, 3.63) is 60.7 Å². The van der Waals surface area contributed by atoms with E-state index in [1.807, 2.05) is 60.7 Å². The second kappa shape index (κ2) is 8.42. The Balaban J connectivity index is 1.49. The van der Waals surface area contributed by atoms with Gasteiger partial charge < -0.3 is 9.73 Å². The standard InChI is InChI=1S/C21H20N2O4S2/c24-18(22-17-11-12-29(25,26)14-17)13-28-21-23-19(15-7-3-1-4-8-15)20(27-21)16-9-5-2-6-10-16/h1-10,17H,11-14H2,(H,22,24)/t17-/m0/s1. The summed E-state index contributed by atoms with van der Waals surface area (Å²) in [5, 5.41) is 3.18. The maximum absolute atomic E-state index is 12.2. The van der Waals surface area contributed by atoms with E-state index < -0.39 is 9.84 Å². The number of nitrogens with zero attached hydrogens (tertiary/aromatic N) is 1. The lowest BCUT2D eigenvalue weighted by molar-refractivity contribution is -0.119. The van der Waals surface area contributed by atoms with Crippen LogP contribution in [0.3, 0.4) is 0 Å². The van der Waals surface area contributed by atoms with Gasteiger partial charge in [-0.25, -0.2) is 13.4 Å². The fraction of sp³-hybridized carbons (Fsp3) is 0.238. The Morgan fingerprint density at radius 2 is 1.72 bits per heavy atom. The maximum Gasteiger partial charge on any atom is 0.257 e. The van der Waals surface area contributed by atoms with Gasteiger partial charge in [-0.05, 0) is 6.42 Å². The number of benzene rings is 2. The number of carbonyl (C=O) groups is 1. The van der Waals surface area contributed by atoms with Gasteiger partial charge in [0.05, 0.1) is 17.3 Å². The molecule has 29 heavy (non-hydrogen) atoms. The van der Waals surface area contributed by atoms with Crippen LogP contribution in [0.15, 0.2) is 70.3 Å². The first-order valence-corrected chi connectivity index (χ1v) is 12.1. The molecule has 4 rings (SSSR count). The van der Waals surface area contributed by atoms with Crippen molar-refractivity contribution in [2.75, 3.05) is 17.3 Å². The molecule has 1 aliphatic heterocycles. The first-order valence-electron chi connectivity index (χ1n) is 9.24. The van der Waals surface area contributed by atoms with Crippen molar-refractivity contribution in [1.29, 1.82) is 0 Å². The molecule has 1 fully saturated rings. The van der Waals surface area contributed by atoms with E-state index in [1.165, 1.54) is 11.8 Å². The van der Waals surface area contributed by atoms with Crippen molar-refractivity contribution < 1.29 is 17.6 Å². The molecule has 150 valence electrons. The lowest BCUT2D eigenvalue weighted by atomic mass is 10.1. The average Bonchev–Trinajstić information content (AvgIpc) is 3.31. The Morgan fingerprint density at radius 3 is 2.34 bits per heavy atom. The van der Waals surface area contributed by atoms with Crippen molar-refractivity contribution >= 4 is 27.5 Å². The minimum absolute atomic E-state index is 0.0126. The third-order valence-corrected chi connectivity index (χ3v) is 7.21. The number of thioether (sulfide) groups is 1. The van der Waals surface area contributed by atoms with Gasteiger partial charge in [-0.1, -0.05) is 72.4 Å². The number of nitrogens with one attached hydrogen (secondary N) is 1. The van der Waals surface area contributed by atoms with Crippen LogP contribution in [0.4, 0.5) is 0 Å². The minimum Gasteiger partial charge on any atom is -0.431 e. The second-order valence-electron chi connectivity index (χ2n) is 6.85. The van der Waals surface area contributed by atoms with E-state index in [-0.39, 0.29) is 29.2 Å². The molecule has 1 atom stereocenters. The molecule has 1 amide bonds. The summed E-state index contributed by atoms with van der Waals surface area (Å²) in [7, 11) is -3.02. The molecule has 8 heteroatoms. The Bertz CT molecular complexity index is 1040. The molecular weight excluding hydrogens is 408 g/mol. The molecule has 0 bridgehead atoms. The van der Waals surface area contributed by atoms with Gasteiger partial charge in [-0.3, -0.25) is 4.79 Å². The zero-order chi connectivity index (χ0) is 20.3. The van der Waals surface area contributed by atoms with E-state index in [0.29, 0.717) is 17.4 Å². The summed E-state index contributed by atoms with van der Waals surface area (Å²) in [5.74, 6) is 0.684. The Kier molecular flexibility index (Phi) is 5.73. The van der Waals surface area contributed by atoms with Crippen LogP contribution in [-0.4, -0.2) is 42.6 Å². The number of hydrogen-bond donors (Lipinski definition) is 1. The summed E-state index contributed by atoms with van der Waals surface area (Å²) < 4.78 is 29.0. The molecule has 1 aliphatic rings. The number of carbonyl (C=O) groups excluding carboxylic acids is 1. The van der Waals surface area contributed by atoms with Gasteiger partial charge in [0.1, 0.15) is 5.69 Å². The molecule has 0 unspecified atom stereocenters. The quantitative estimate of drug-likeness (QED) is 0.605. The molecule has 3 aromatic rings. The summed E-state index contributed by atoms with van der Waals surface area (Å²) in [6.07, 6.45) is 0.466. The molecule has 2 aromatic carbocycles. The van der Waals surface area contributed by atoms with Gasteiger partial charge in [0.15, 0.2) is 15.6 Å². The smallest absolute Gasteiger partial charge is 0.257 e. The highest BCUT2D eigenvalue weighted by Gasteiger charge is 2.29. The zero-order valence-corrected chi connectivity index (χ0v) is 17.2. The van der Waals surface area contributed by atoms with Crippen molar-refractivity contribution in [2.24, 2.45) is 0 Å². The molecule has 0 spiro atoms. The van der Waals surface area contributed by atoms with E-state index in [1.54, 1.807) is 0 Å². The molecule has 6 nitrogen and oxygen atoms in total. The van der Waals surface area contributed by atoms with Crippen LogP contribution >= 0.6 is 11.8 Å². The van der Waals surface area contributed by atoms with Crippen LogP contribution in [0.5, 0.6) is 0 Å². The van der Waals surface area contributed by atoms with Gasteiger partial charge in [0.25, 0.3) is 5.22 Å². The minimum atomic E-state index is -3.02. The predicted molar refractivity (Wildman–Crippen MR) is 113 cm³/mol. The van der Waals surface area contributed by atoms with Crippen molar-refractivity contribution in [3.8, 4) is 22.6 Å². The first kappa shape index (κ1) is 19.7. The zero-order valence-electron chi connectivity index (χ0n) is 15.6. The summed E-state index contributed by atoms with van der Waals surface area (Å²) >= 11 is 1.20. The molecule has 0 aliphatic carbocycles. The lowest BCUT2D eigenvalue weighted by Crippen LogP contribution is -2.36. The number of hydrogen-bond acceptors (Lipinski definition) is 6. The van der Waals surface area contributed by atoms with Crippen LogP contribution in [-0.2, 0) is 14.6 Å². The Hall–Kier alpha value is -2.58. The maximum atomic E-state index is 12.2. The monoisotopic (exact) mass is 428 g/mol.